The van der Waals surface area contributed by atoms with Crippen LogP contribution < -0.4 is 20.3 Å². The smallest absolute Gasteiger partial charge is 0.430 e. The number of halogens is 3. The molecule has 0 aromatic heterocycles. The van der Waals surface area contributed by atoms with Crippen LogP contribution in [0, 0.1) is 0 Å². The van der Waals surface area contributed by atoms with E-state index in [0.29, 0.717) is 13.2 Å². The van der Waals surface area contributed by atoms with Crippen molar-refractivity contribution >= 4 is 5.97 Å². The number of quaternary nitrogens is 1. The number of rotatable bonds is 16. The molecule has 0 aliphatic heterocycles. The second-order valence-electron chi connectivity index (χ2n) is 10.5. The molecule has 0 radical (unpaired) electrons. The van der Waals surface area contributed by atoms with Gasteiger partial charge in [0.05, 0.1) is 19.8 Å². The van der Waals surface area contributed by atoms with Gasteiger partial charge in [-0.25, -0.2) is 0 Å². The highest BCUT2D eigenvalue weighted by molar-refractivity contribution is 5.70. The number of carboxylic acid groups (broad SMARTS) is 1. The zero-order valence-electron chi connectivity index (χ0n) is 25.4. The van der Waals surface area contributed by atoms with Gasteiger partial charge in [-0.1, -0.05) is 84.9 Å². The van der Waals surface area contributed by atoms with Gasteiger partial charge >= 0.3 is 6.18 Å². The van der Waals surface area contributed by atoms with E-state index in [1.165, 1.54) is 22.3 Å². The first kappa shape index (κ1) is 35.1. The van der Waals surface area contributed by atoms with Crippen molar-refractivity contribution in [2.75, 3.05) is 26.3 Å². The molecule has 3 N–H and O–H groups in total. The minimum atomic E-state index is -5.19. The highest BCUT2D eigenvalue weighted by Gasteiger charge is 2.28. The molecule has 0 bridgehead atoms. The zero-order valence-corrected chi connectivity index (χ0v) is 25.4. The molecule has 0 spiro atoms. The van der Waals surface area contributed by atoms with Gasteiger partial charge in [0.25, 0.3) is 0 Å². The predicted molar refractivity (Wildman–Crippen MR) is 166 cm³/mol. The first-order valence-electron chi connectivity index (χ1n) is 15.0. The van der Waals surface area contributed by atoms with Crippen LogP contribution in [0.25, 0.3) is 0 Å². The molecule has 0 atom stereocenters. The molecule has 0 saturated carbocycles. The average molecular weight is 623 g/mol. The maximum atomic E-state index is 10.5. The Hall–Kier alpha value is -4.34. The largest absolute Gasteiger partial charge is 0.542 e. The third-order valence-electron chi connectivity index (χ3n) is 6.87. The fourth-order valence-corrected chi connectivity index (χ4v) is 4.49. The Bertz CT molecular complexity index is 1280. The van der Waals surface area contributed by atoms with Gasteiger partial charge in [0.15, 0.2) is 0 Å². The minimum Gasteiger partial charge on any atom is -0.542 e. The lowest BCUT2D eigenvalue weighted by molar-refractivity contribution is -0.368. The van der Waals surface area contributed by atoms with Crippen LogP contribution in [0.4, 0.5) is 13.2 Å². The summed E-state index contributed by atoms with van der Waals surface area (Å²) in [4.78, 5) is 11.3. The summed E-state index contributed by atoms with van der Waals surface area (Å²) in [5, 5.41) is 8.78. The Morgan fingerprint density at radius 1 is 0.644 bits per heavy atom. The molecule has 240 valence electrons. The lowest BCUT2D eigenvalue weighted by Crippen LogP contribution is -2.50. The van der Waals surface area contributed by atoms with E-state index in [-0.39, 0.29) is 0 Å². The van der Waals surface area contributed by atoms with E-state index in [9.17, 15) is 13.2 Å². The molecule has 0 unspecified atom stereocenters. The number of aliphatic carboxylic acids is 1. The van der Waals surface area contributed by atoms with Crippen LogP contribution in [0.5, 0.6) is 11.5 Å². The maximum absolute atomic E-state index is 10.5. The van der Waals surface area contributed by atoms with E-state index < -0.39 is 12.1 Å². The van der Waals surface area contributed by atoms with Crippen molar-refractivity contribution in [2.45, 2.75) is 44.9 Å². The van der Waals surface area contributed by atoms with Crippen LogP contribution in [0.3, 0.4) is 0 Å². The monoisotopic (exact) mass is 622 g/mol. The fraction of sp³-hybridized carbons (Fsp3) is 0.306. The summed E-state index contributed by atoms with van der Waals surface area (Å²) in [6.45, 7) is 5.24. The minimum absolute atomic E-state index is 0.687. The van der Waals surface area contributed by atoms with Gasteiger partial charge in [-0.05, 0) is 65.9 Å². The van der Waals surface area contributed by atoms with Crippen molar-refractivity contribution in [3.05, 3.63) is 131 Å². The number of nitrogens with zero attached hydrogens (tertiary/aromatic N) is 1. The first-order valence-corrected chi connectivity index (χ1v) is 15.0. The molecule has 45 heavy (non-hydrogen) atoms. The molecule has 0 fully saturated rings. The standard InChI is InChI=1S/C34H40N2O2.C2HF3O2/c35-23-7-8-24-36(27-31-13-17-33(18-14-31)37-25-21-29-9-3-1-4-10-29)28-32-15-19-34(20-16-32)38-26-22-30-11-5-2-6-12-30;3-2(4,5)1(6)7/h1-6,9-20H,7-8,21-28,35H2;(H,6,7). The number of benzene rings is 4. The third kappa shape index (κ3) is 14.3. The molecule has 9 heteroatoms. The van der Waals surface area contributed by atoms with Crippen molar-refractivity contribution in [3.63, 3.8) is 0 Å². The summed E-state index contributed by atoms with van der Waals surface area (Å²) in [6.07, 6.45) is -1.05. The molecule has 0 aliphatic carbocycles. The van der Waals surface area contributed by atoms with Crippen molar-refractivity contribution in [3.8, 4) is 11.5 Å². The Morgan fingerprint density at radius 3 is 1.40 bits per heavy atom. The number of hydrogen-bond acceptors (Lipinski definition) is 5. The zero-order chi connectivity index (χ0) is 32.3. The average Bonchev–Trinajstić information content (AvgIpc) is 3.04. The summed E-state index contributed by atoms with van der Waals surface area (Å²) < 4.78 is 43.5. The van der Waals surface area contributed by atoms with Crippen LogP contribution in [-0.2, 0) is 30.7 Å². The topological polar surface area (TPSA) is 89.5 Å². The number of hydrogen-bond donors (Lipinski definition) is 1. The van der Waals surface area contributed by atoms with Crippen molar-refractivity contribution in [1.82, 2.24) is 4.90 Å². The Morgan fingerprint density at radius 2 is 1.04 bits per heavy atom. The molecular weight excluding hydrogens is 581 g/mol. The van der Waals surface area contributed by atoms with E-state index in [0.717, 1.165) is 63.4 Å². The molecule has 0 saturated heterocycles. The van der Waals surface area contributed by atoms with Crippen molar-refractivity contribution in [2.24, 2.45) is 0 Å². The SMILES string of the molecule is O=C([O-])C(F)(F)F.[NH3+]CCCCN(Cc1ccc(OCCc2ccccc2)cc1)Cc1ccc(OCCc2ccccc2)cc1. The highest BCUT2D eigenvalue weighted by Crippen LogP contribution is 2.18. The number of unbranched alkanes of at least 4 members (excludes halogenated alkanes) is 1. The van der Waals surface area contributed by atoms with Crippen LogP contribution in [0.15, 0.2) is 109 Å². The predicted octanol–water partition coefficient (Wildman–Crippen LogP) is 5.25. The second-order valence-corrected chi connectivity index (χ2v) is 10.5. The quantitative estimate of drug-likeness (QED) is 0.173. The van der Waals surface area contributed by atoms with E-state index in [1.54, 1.807) is 0 Å². The lowest BCUT2D eigenvalue weighted by Gasteiger charge is -2.23. The fourth-order valence-electron chi connectivity index (χ4n) is 4.49. The van der Waals surface area contributed by atoms with Crippen LogP contribution >= 0.6 is 0 Å². The van der Waals surface area contributed by atoms with Gasteiger partial charge in [0, 0.05) is 25.9 Å². The number of alkyl halides is 3. The third-order valence-corrected chi connectivity index (χ3v) is 6.87. The molecule has 4 aromatic rings. The van der Waals surface area contributed by atoms with Gasteiger partial charge in [0.2, 0.25) is 0 Å². The summed E-state index contributed by atoms with van der Waals surface area (Å²) >= 11 is 0. The molecule has 0 amide bonds. The van der Waals surface area contributed by atoms with E-state index in [2.05, 4.69) is 108 Å². The Balaban J connectivity index is 0.000000707. The molecular formula is C36H41F3N2O4. The van der Waals surface area contributed by atoms with Crippen LogP contribution in [0.1, 0.15) is 35.1 Å². The highest BCUT2D eigenvalue weighted by atomic mass is 19.4. The van der Waals surface area contributed by atoms with Crippen LogP contribution in [0.2, 0.25) is 0 Å². The van der Waals surface area contributed by atoms with Crippen LogP contribution in [-0.4, -0.2) is 43.3 Å². The molecule has 4 rings (SSSR count). The number of carboxylic acids is 1. The van der Waals surface area contributed by atoms with Crippen molar-refractivity contribution < 1.29 is 38.3 Å². The van der Waals surface area contributed by atoms with Gasteiger partial charge in [-0.2, -0.15) is 13.2 Å². The normalized spacial score (nSPS) is 11.0. The van der Waals surface area contributed by atoms with E-state index in [4.69, 9.17) is 19.4 Å². The molecule has 0 aliphatic rings. The molecule has 0 heterocycles. The summed E-state index contributed by atoms with van der Waals surface area (Å²) in [5.74, 6) is -1.15. The Kier molecular flexibility index (Phi) is 14.9. The summed E-state index contributed by atoms with van der Waals surface area (Å²) in [5.41, 5.74) is 9.21. The number of carbonyl (C=O) groups excluding carboxylic acids is 1. The number of ether oxygens (including phenoxy) is 2. The first-order chi connectivity index (χ1) is 21.7. The lowest BCUT2D eigenvalue weighted by atomic mass is 10.1. The summed E-state index contributed by atoms with van der Waals surface area (Å²) in [7, 11) is 0. The Labute approximate surface area is 263 Å². The molecule has 4 aromatic carbocycles. The van der Waals surface area contributed by atoms with Gasteiger partial charge in [0.1, 0.15) is 17.5 Å². The van der Waals surface area contributed by atoms with E-state index in [1.807, 2.05) is 12.1 Å². The molecule has 6 nitrogen and oxygen atoms in total. The van der Waals surface area contributed by atoms with Crippen molar-refractivity contribution in [1.29, 1.82) is 0 Å². The second kappa shape index (κ2) is 19.1. The van der Waals surface area contributed by atoms with Gasteiger partial charge in [-0.15, -0.1) is 0 Å². The number of carbonyl (C=O) groups is 1. The maximum Gasteiger partial charge on any atom is 0.430 e. The summed E-state index contributed by atoms with van der Waals surface area (Å²) in [6, 6.07) is 38.1. The van der Waals surface area contributed by atoms with Gasteiger partial charge in [-0.3, -0.25) is 4.90 Å². The van der Waals surface area contributed by atoms with E-state index >= 15 is 0 Å². The van der Waals surface area contributed by atoms with Gasteiger partial charge < -0.3 is 25.1 Å².